The lowest BCUT2D eigenvalue weighted by Gasteiger charge is -2.22. The summed E-state index contributed by atoms with van der Waals surface area (Å²) in [6.45, 7) is 6.83. The number of alkyl halides is 3. The molecule has 1 fully saturated rings. The zero-order chi connectivity index (χ0) is 30.7. The molecule has 43 heavy (non-hydrogen) atoms. The molecule has 0 bridgehead atoms. The number of imidazole rings is 1. The summed E-state index contributed by atoms with van der Waals surface area (Å²) in [6, 6.07) is 10.6. The molecule has 0 spiro atoms. The monoisotopic (exact) mass is 607 g/mol. The fourth-order valence-electron chi connectivity index (χ4n) is 5.24. The van der Waals surface area contributed by atoms with Gasteiger partial charge in [-0.1, -0.05) is 49.7 Å². The van der Waals surface area contributed by atoms with E-state index in [1.54, 1.807) is 12.4 Å². The largest absolute Gasteiger partial charge is 0.413 e. The van der Waals surface area contributed by atoms with Gasteiger partial charge in [0.25, 0.3) is 0 Å². The number of hydrogen-bond acceptors (Lipinski definition) is 7. The first-order valence-corrected chi connectivity index (χ1v) is 14.1. The van der Waals surface area contributed by atoms with E-state index in [-0.39, 0.29) is 18.3 Å². The van der Waals surface area contributed by atoms with Crippen molar-refractivity contribution < 1.29 is 13.2 Å². The summed E-state index contributed by atoms with van der Waals surface area (Å²) in [5.74, 6) is 0. The normalized spacial score (nSPS) is 15.4. The molecule has 0 unspecified atom stereocenters. The van der Waals surface area contributed by atoms with Gasteiger partial charge in [-0.25, -0.2) is 9.67 Å². The van der Waals surface area contributed by atoms with Crippen LogP contribution < -0.4 is 10.6 Å². The molecule has 3 aromatic heterocycles. The highest BCUT2D eigenvalue weighted by Gasteiger charge is 2.66. The lowest BCUT2D eigenvalue weighted by atomic mass is 9.96. The van der Waals surface area contributed by atoms with Gasteiger partial charge in [-0.05, 0) is 36.5 Å². The number of anilines is 2. The van der Waals surface area contributed by atoms with Crippen molar-refractivity contribution in [1.82, 2.24) is 29.5 Å². The first kappa shape index (κ1) is 28.7. The fraction of sp³-hybridized carbons (Fsp3) is 0.367. The van der Waals surface area contributed by atoms with Gasteiger partial charge >= 0.3 is 6.18 Å². The van der Waals surface area contributed by atoms with Gasteiger partial charge in [0.15, 0.2) is 5.54 Å². The van der Waals surface area contributed by atoms with E-state index in [9.17, 15) is 18.4 Å². The zero-order valence-corrected chi connectivity index (χ0v) is 24.7. The van der Waals surface area contributed by atoms with Crippen LogP contribution in [-0.4, -0.2) is 42.2 Å². The Kier molecular flexibility index (Phi) is 6.76. The second-order valence-corrected chi connectivity index (χ2v) is 12.6. The van der Waals surface area contributed by atoms with Crippen LogP contribution in [0.1, 0.15) is 56.5 Å². The molecule has 2 aromatic carbocycles. The van der Waals surface area contributed by atoms with Crippen molar-refractivity contribution in [3.05, 3.63) is 70.9 Å². The third-order valence-corrected chi connectivity index (χ3v) is 8.03. The van der Waals surface area contributed by atoms with Crippen molar-refractivity contribution in [1.29, 1.82) is 5.26 Å². The van der Waals surface area contributed by atoms with Crippen molar-refractivity contribution in [3.63, 3.8) is 0 Å². The number of halogens is 4. The van der Waals surface area contributed by atoms with Gasteiger partial charge in [0.2, 0.25) is 0 Å². The van der Waals surface area contributed by atoms with Gasteiger partial charge in [0.1, 0.15) is 11.8 Å². The quantitative estimate of drug-likeness (QED) is 0.206. The van der Waals surface area contributed by atoms with Crippen molar-refractivity contribution >= 4 is 44.9 Å². The minimum Gasteiger partial charge on any atom is -0.383 e. The molecule has 1 aliphatic rings. The standard InChI is InChI=1S/C30H29ClF3N9/c1-28(2,3)15-37-24-17(12-35)13-36-25-20(24)10-18(11-21(25)31)39-26(19-6-5-7-23-27(19)38-16-42(23)4)22-14-43(41-40-22)29(8-9-29)30(32,33)34/h5-7,10-11,13-14,16,26,39H,8-9,15H2,1-4H3,(H,36,37)/t26-/m0/s1. The SMILES string of the molecule is Cn1cnc2c([C@H](Nc3cc(Cl)c4ncc(C#N)c(NCC(C)(C)C)c4c3)c3cn(C4(C(F)(F)F)CC4)nn3)cccc21. The van der Waals surface area contributed by atoms with Crippen LogP contribution in [0.3, 0.4) is 0 Å². The number of pyridine rings is 1. The average molecular weight is 608 g/mol. The van der Waals surface area contributed by atoms with E-state index in [1.165, 1.54) is 12.4 Å². The Morgan fingerprint density at radius 1 is 1.14 bits per heavy atom. The predicted octanol–water partition coefficient (Wildman–Crippen LogP) is 6.95. The number of benzene rings is 2. The van der Waals surface area contributed by atoms with E-state index in [2.05, 4.69) is 57.8 Å². The Balaban J connectivity index is 1.48. The van der Waals surface area contributed by atoms with E-state index in [1.807, 2.05) is 35.9 Å². The number of nitriles is 1. The van der Waals surface area contributed by atoms with Crippen LogP contribution in [0.2, 0.25) is 5.02 Å². The number of aromatic nitrogens is 6. The molecule has 0 amide bonds. The highest BCUT2D eigenvalue weighted by molar-refractivity contribution is 6.35. The van der Waals surface area contributed by atoms with E-state index in [0.29, 0.717) is 56.2 Å². The van der Waals surface area contributed by atoms with Crippen molar-refractivity contribution in [3.8, 4) is 6.07 Å². The van der Waals surface area contributed by atoms with E-state index >= 15 is 0 Å². The van der Waals surface area contributed by atoms with Crippen LogP contribution in [-0.2, 0) is 12.6 Å². The lowest BCUT2D eigenvalue weighted by Crippen LogP contribution is -2.35. The van der Waals surface area contributed by atoms with Gasteiger partial charge in [0, 0.05) is 36.4 Å². The molecule has 6 rings (SSSR count). The number of hydrogen-bond donors (Lipinski definition) is 2. The molecule has 5 aromatic rings. The van der Waals surface area contributed by atoms with E-state index in [0.717, 1.165) is 10.2 Å². The number of rotatable bonds is 7. The van der Waals surface area contributed by atoms with Crippen molar-refractivity contribution in [2.75, 3.05) is 17.2 Å². The fourth-order valence-corrected chi connectivity index (χ4v) is 5.51. The molecule has 1 atom stereocenters. The Morgan fingerprint density at radius 3 is 2.58 bits per heavy atom. The lowest BCUT2D eigenvalue weighted by molar-refractivity contribution is -0.182. The van der Waals surface area contributed by atoms with E-state index < -0.39 is 17.8 Å². The summed E-state index contributed by atoms with van der Waals surface area (Å²) in [5, 5.41) is 25.8. The smallest absolute Gasteiger partial charge is 0.383 e. The maximum atomic E-state index is 13.9. The molecule has 0 saturated heterocycles. The molecule has 0 radical (unpaired) electrons. The van der Waals surface area contributed by atoms with Crippen LogP contribution >= 0.6 is 11.6 Å². The molecule has 13 heteroatoms. The summed E-state index contributed by atoms with van der Waals surface area (Å²) in [5.41, 5.74) is 2.42. The molecule has 2 N–H and O–H groups in total. The summed E-state index contributed by atoms with van der Waals surface area (Å²) < 4.78 is 44.6. The van der Waals surface area contributed by atoms with Gasteiger partial charge in [-0.2, -0.15) is 18.4 Å². The van der Waals surface area contributed by atoms with Crippen LogP contribution in [0.4, 0.5) is 24.5 Å². The molecule has 222 valence electrons. The molecular formula is C30H29ClF3N9. The minimum atomic E-state index is -4.45. The van der Waals surface area contributed by atoms with Gasteiger partial charge in [-0.15, -0.1) is 5.10 Å². The average Bonchev–Trinajstić information content (AvgIpc) is 3.49. The second kappa shape index (κ2) is 10.1. The van der Waals surface area contributed by atoms with E-state index in [4.69, 9.17) is 11.6 Å². The third kappa shape index (κ3) is 5.12. The molecule has 0 aliphatic heterocycles. The zero-order valence-electron chi connectivity index (χ0n) is 24.0. The van der Waals surface area contributed by atoms with Crippen LogP contribution in [0.15, 0.2) is 49.1 Å². The highest BCUT2D eigenvalue weighted by atomic mass is 35.5. The first-order chi connectivity index (χ1) is 20.3. The molecular weight excluding hydrogens is 579 g/mol. The molecule has 1 saturated carbocycles. The van der Waals surface area contributed by atoms with Crippen molar-refractivity contribution in [2.45, 2.75) is 51.4 Å². The summed E-state index contributed by atoms with van der Waals surface area (Å²) in [7, 11) is 1.87. The maximum absolute atomic E-state index is 13.9. The Hall–Kier alpha value is -4.37. The molecule has 3 heterocycles. The summed E-state index contributed by atoms with van der Waals surface area (Å²) in [4.78, 5) is 9.00. The number of aryl methyl sites for hydroxylation is 1. The van der Waals surface area contributed by atoms with Gasteiger partial charge in [0.05, 0.1) is 51.4 Å². The number of nitrogens with one attached hydrogen (secondary N) is 2. The maximum Gasteiger partial charge on any atom is 0.413 e. The highest BCUT2D eigenvalue weighted by Crippen LogP contribution is 2.55. The Morgan fingerprint density at radius 2 is 1.91 bits per heavy atom. The van der Waals surface area contributed by atoms with Crippen molar-refractivity contribution in [2.24, 2.45) is 12.5 Å². The number of fused-ring (bicyclic) bond motifs is 2. The Labute approximate surface area is 250 Å². The molecule has 9 nitrogen and oxygen atoms in total. The summed E-state index contributed by atoms with van der Waals surface area (Å²) >= 11 is 6.73. The van der Waals surface area contributed by atoms with Crippen LogP contribution in [0, 0.1) is 16.7 Å². The number of para-hydroxylation sites is 1. The van der Waals surface area contributed by atoms with Gasteiger partial charge in [-0.3, -0.25) is 4.98 Å². The Bertz CT molecular complexity index is 1890. The predicted molar refractivity (Wildman–Crippen MR) is 159 cm³/mol. The van der Waals surface area contributed by atoms with Crippen LogP contribution in [0.5, 0.6) is 0 Å². The first-order valence-electron chi connectivity index (χ1n) is 13.7. The number of nitrogens with zero attached hydrogens (tertiary/aromatic N) is 7. The summed E-state index contributed by atoms with van der Waals surface area (Å²) in [6.07, 6.45) is -0.0221. The molecule has 1 aliphatic carbocycles. The topological polar surface area (TPSA) is 109 Å². The van der Waals surface area contributed by atoms with Crippen LogP contribution in [0.25, 0.3) is 21.9 Å². The minimum absolute atomic E-state index is 0.0495. The third-order valence-electron chi connectivity index (χ3n) is 7.75. The second-order valence-electron chi connectivity index (χ2n) is 12.2. The van der Waals surface area contributed by atoms with Gasteiger partial charge < -0.3 is 15.2 Å².